The topological polar surface area (TPSA) is 55.4 Å². The standard InChI is InChI=1S/C15H12BrClF4N4O/c16-12-9(4-1-5-15(19,20)21)10(18)11-13(23-14(17)24-25(11)12)22-7-8-3-2-6-26-8/h2-3,6H,1,4-5,7H2,(H,22,23,24). The highest BCUT2D eigenvalue weighted by molar-refractivity contribution is 9.10. The number of halogens is 6. The minimum Gasteiger partial charge on any atom is -0.467 e. The third-order valence-corrected chi connectivity index (χ3v) is 4.60. The van der Waals surface area contributed by atoms with Crippen molar-refractivity contribution < 1.29 is 22.0 Å². The molecule has 0 aliphatic carbocycles. The van der Waals surface area contributed by atoms with Crippen molar-refractivity contribution in [2.75, 3.05) is 5.32 Å². The van der Waals surface area contributed by atoms with Crippen LogP contribution in [0.15, 0.2) is 27.4 Å². The van der Waals surface area contributed by atoms with Gasteiger partial charge in [-0.15, -0.1) is 5.10 Å². The van der Waals surface area contributed by atoms with Crippen LogP contribution in [-0.2, 0) is 13.0 Å². The van der Waals surface area contributed by atoms with E-state index in [0.29, 0.717) is 5.76 Å². The van der Waals surface area contributed by atoms with E-state index >= 15 is 0 Å². The molecule has 5 nitrogen and oxygen atoms in total. The summed E-state index contributed by atoms with van der Waals surface area (Å²) >= 11 is 9.07. The van der Waals surface area contributed by atoms with Gasteiger partial charge in [-0.3, -0.25) is 0 Å². The SMILES string of the molecule is Fc1c(CCCC(F)(F)F)c(Br)n2nc(Cl)nc(NCc3ccco3)c12. The van der Waals surface area contributed by atoms with E-state index in [9.17, 15) is 17.6 Å². The fraction of sp³-hybridized carbons (Fsp3) is 0.333. The maximum Gasteiger partial charge on any atom is 0.389 e. The van der Waals surface area contributed by atoms with Gasteiger partial charge in [0.05, 0.1) is 12.8 Å². The molecular formula is C15H12BrClF4N4O. The second-order valence-corrected chi connectivity index (χ2v) is 6.56. The minimum absolute atomic E-state index is 0.00478. The summed E-state index contributed by atoms with van der Waals surface area (Å²) < 4.78 is 58.5. The molecule has 1 N–H and O–H groups in total. The zero-order chi connectivity index (χ0) is 18.9. The normalized spacial score (nSPS) is 12.1. The first-order valence-corrected chi connectivity index (χ1v) is 8.68. The van der Waals surface area contributed by atoms with E-state index in [1.54, 1.807) is 12.1 Å². The highest BCUT2D eigenvalue weighted by Gasteiger charge is 2.28. The molecule has 3 rings (SSSR count). The van der Waals surface area contributed by atoms with Crippen molar-refractivity contribution in [1.29, 1.82) is 0 Å². The van der Waals surface area contributed by atoms with Gasteiger partial charge in [-0.1, -0.05) is 0 Å². The number of nitrogens with zero attached hydrogens (tertiary/aromatic N) is 3. The van der Waals surface area contributed by atoms with Crippen molar-refractivity contribution in [3.63, 3.8) is 0 Å². The van der Waals surface area contributed by atoms with E-state index in [2.05, 4.69) is 31.3 Å². The number of furan rings is 1. The molecule has 0 unspecified atom stereocenters. The lowest BCUT2D eigenvalue weighted by Gasteiger charge is -2.06. The lowest BCUT2D eigenvalue weighted by molar-refractivity contribution is -0.135. The summed E-state index contributed by atoms with van der Waals surface area (Å²) in [5, 5.41) is 6.68. The van der Waals surface area contributed by atoms with Crippen molar-refractivity contribution in [2.24, 2.45) is 0 Å². The van der Waals surface area contributed by atoms with Gasteiger partial charge in [0.1, 0.15) is 15.9 Å². The summed E-state index contributed by atoms with van der Waals surface area (Å²) in [6.45, 7) is 0.224. The molecule has 3 aromatic heterocycles. The zero-order valence-electron chi connectivity index (χ0n) is 13.1. The van der Waals surface area contributed by atoms with Crippen LogP contribution in [0.25, 0.3) is 5.52 Å². The first-order chi connectivity index (χ1) is 12.3. The quantitative estimate of drug-likeness (QED) is 0.508. The third-order valence-electron chi connectivity index (χ3n) is 3.63. The van der Waals surface area contributed by atoms with E-state index in [-0.39, 0.29) is 46.2 Å². The molecule has 0 saturated carbocycles. The number of hydrogen-bond donors (Lipinski definition) is 1. The summed E-state index contributed by atoms with van der Waals surface area (Å²) in [6, 6.07) is 3.42. The molecule has 0 saturated heterocycles. The number of rotatable bonds is 6. The molecule has 3 aromatic rings. The molecule has 0 spiro atoms. The van der Waals surface area contributed by atoms with Crippen molar-refractivity contribution in [2.45, 2.75) is 32.0 Å². The summed E-state index contributed by atoms with van der Waals surface area (Å²) in [6.07, 6.45) is -4.15. The van der Waals surface area contributed by atoms with Crippen molar-refractivity contribution in [1.82, 2.24) is 14.6 Å². The Hall–Kier alpha value is -1.81. The van der Waals surface area contributed by atoms with E-state index in [1.807, 2.05) is 0 Å². The largest absolute Gasteiger partial charge is 0.467 e. The predicted octanol–water partition coefficient (Wildman–Crippen LogP) is 5.37. The van der Waals surface area contributed by atoms with Crippen molar-refractivity contribution in [3.05, 3.63) is 45.4 Å². The van der Waals surface area contributed by atoms with Crippen LogP contribution < -0.4 is 5.32 Å². The molecule has 0 bridgehead atoms. The van der Waals surface area contributed by atoms with E-state index in [1.165, 1.54) is 10.8 Å². The summed E-state index contributed by atoms with van der Waals surface area (Å²) in [7, 11) is 0. The molecule has 0 aliphatic heterocycles. The Kier molecular flexibility index (Phi) is 5.42. The first kappa shape index (κ1) is 19.0. The number of hydrogen-bond acceptors (Lipinski definition) is 4. The molecule has 11 heteroatoms. The van der Waals surface area contributed by atoms with Gasteiger partial charge in [-0.25, -0.2) is 8.91 Å². The van der Waals surface area contributed by atoms with Crippen LogP contribution in [0.4, 0.5) is 23.4 Å². The van der Waals surface area contributed by atoms with E-state index in [4.69, 9.17) is 16.0 Å². The number of fused-ring (bicyclic) bond motifs is 1. The molecule has 140 valence electrons. The molecule has 0 radical (unpaired) electrons. The maximum atomic E-state index is 14.8. The summed E-state index contributed by atoms with van der Waals surface area (Å²) in [5.41, 5.74) is 0.0849. The van der Waals surface area contributed by atoms with Gasteiger partial charge in [-0.05, 0) is 52.5 Å². The summed E-state index contributed by atoms with van der Waals surface area (Å²) in [4.78, 5) is 3.98. The molecule has 26 heavy (non-hydrogen) atoms. The van der Waals surface area contributed by atoms with Crippen LogP contribution in [0.3, 0.4) is 0 Å². The van der Waals surface area contributed by atoms with E-state index in [0.717, 1.165) is 0 Å². The first-order valence-electron chi connectivity index (χ1n) is 7.51. The van der Waals surface area contributed by atoms with Crippen LogP contribution >= 0.6 is 27.5 Å². The highest BCUT2D eigenvalue weighted by Crippen LogP contribution is 2.33. The molecule has 0 aromatic carbocycles. The molecule has 0 amide bonds. The van der Waals surface area contributed by atoms with Gasteiger partial charge in [0.2, 0.25) is 5.28 Å². The fourth-order valence-corrected chi connectivity index (χ4v) is 3.28. The Morgan fingerprint density at radius 3 is 2.77 bits per heavy atom. The molecule has 0 fully saturated rings. The van der Waals surface area contributed by atoms with Gasteiger partial charge >= 0.3 is 6.18 Å². The molecule has 0 aliphatic rings. The lowest BCUT2D eigenvalue weighted by atomic mass is 10.1. The van der Waals surface area contributed by atoms with Crippen LogP contribution in [-0.4, -0.2) is 20.8 Å². The van der Waals surface area contributed by atoms with Gasteiger partial charge < -0.3 is 9.73 Å². The van der Waals surface area contributed by atoms with E-state index < -0.39 is 18.4 Å². The Morgan fingerprint density at radius 2 is 2.12 bits per heavy atom. The van der Waals surface area contributed by atoms with Gasteiger partial charge in [-0.2, -0.15) is 18.2 Å². The highest BCUT2D eigenvalue weighted by atomic mass is 79.9. The zero-order valence-corrected chi connectivity index (χ0v) is 15.4. The van der Waals surface area contributed by atoms with Crippen LogP contribution in [0.2, 0.25) is 5.28 Å². The smallest absolute Gasteiger partial charge is 0.389 e. The molecule has 0 atom stereocenters. The maximum absolute atomic E-state index is 14.8. The average Bonchev–Trinajstić information content (AvgIpc) is 3.14. The van der Waals surface area contributed by atoms with Gasteiger partial charge in [0.15, 0.2) is 11.6 Å². The second kappa shape index (κ2) is 7.43. The molecule has 3 heterocycles. The number of anilines is 1. The van der Waals surface area contributed by atoms with Crippen LogP contribution in [0.1, 0.15) is 24.2 Å². The van der Waals surface area contributed by atoms with Gasteiger partial charge in [0.25, 0.3) is 0 Å². The van der Waals surface area contributed by atoms with Crippen LogP contribution in [0.5, 0.6) is 0 Å². The average molecular weight is 456 g/mol. The summed E-state index contributed by atoms with van der Waals surface area (Å²) in [5.74, 6) is 0.00801. The Labute approximate surface area is 158 Å². The number of aromatic nitrogens is 3. The Bertz CT molecular complexity index is 911. The molecular weight excluding hydrogens is 444 g/mol. The van der Waals surface area contributed by atoms with Crippen molar-refractivity contribution in [3.8, 4) is 0 Å². The fourth-order valence-electron chi connectivity index (χ4n) is 2.49. The second-order valence-electron chi connectivity index (χ2n) is 5.47. The lowest BCUT2D eigenvalue weighted by Crippen LogP contribution is -2.07. The van der Waals surface area contributed by atoms with Crippen molar-refractivity contribution >= 4 is 38.9 Å². The minimum atomic E-state index is -4.29. The third kappa shape index (κ3) is 4.12. The predicted molar refractivity (Wildman–Crippen MR) is 90.7 cm³/mol. The monoisotopic (exact) mass is 454 g/mol. The van der Waals surface area contributed by atoms with Gasteiger partial charge in [0, 0.05) is 12.0 Å². The number of alkyl halides is 3. The van der Waals surface area contributed by atoms with Crippen LogP contribution in [0, 0.1) is 5.82 Å². The number of nitrogens with one attached hydrogen (secondary N) is 1. The Morgan fingerprint density at radius 1 is 1.35 bits per heavy atom. The Balaban J connectivity index is 1.92.